The summed E-state index contributed by atoms with van der Waals surface area (Å²) in [4.78, 5) is 22.1. The van der Waals surface area contributed by atoms with Crippen molar-refractivity contribution in [2.75, 3.05) is 0 Å². The lowest BCUT2D eigenvalue weighted by Gasteiger charge is -2.12. The van der Waals surface area contributed by atoms with Crippen molar-refractivity contribution >= 4 is 43.6 Å². The van der Waals surface area contributed by atoms with Crippen molar-refractivity contribution in [3.05, 3.63) is 33.8 Å². The number of rotatable bonds is 4. The second kappa shape index (κ2) is 5.75. The molecule has 0 radical (unpaired) electrons. The molecule has 4 nitrogen and oxygen atoms in total. The van der Waals surface area contributed by atoms with Crippen molar-refractivity contribution in [1.82, 2.24) is 0 Å². The van der Waals surface area contributed by atoms with Crippen molar-refractivity contribution in [1.29, 1.82) is 0 Å². The Kier molecular flexibility index (Phi) is 4.85. The highest BCUT2D eigenvalue weighted by atomic mass is 79.9. The number of alkyl halides is 1. The number of carbonyl (C=O) groups is 2. The van der Waals surface area contributed by atoms with E-state index in [1.807, 2.05) is 0 Å². The molecule has 92 valence electrons. The van der Waals surface area contributed by atoms with Crippen molar-refractivity contribution in [3.8, 4) is 0 Å². The molecule has 0 bridgehead atoms. The number of carboxylic acid groups (broad SMARTS) is 1. The number of carbonyl (C=O) groups excluding carboxylic acids is 1. The van der Waals surface area contributed by atoms with Crippen LogP contribution in [-0.2, 0) is 4.79 Å². The summed E-state index contributed by atoms with van der Waals surface area (Å²) < 4.78 is 0.311. The third-order valence-corrected chi connectivity index (χ3v) is 3.48. The second-order valence-electron chi connectivity index (χ2n) is 3.43. The molecule has 2 unspecified atom stereocenters. The number of carboxylic acids is 1. The van der Waals surface area contributed by atoms with Crippen LogP contribution in [0.25, 0.3) is 0 Å². The highest BCUT2D eigenvalue weighted by Crippen LogP contribution is 2.29. The zero-order chi connectivity index (χ0) is 13.2. The minimum atomic E-state index is -1.65. The molecule has 6 heteroatoms. The van der Waals surface area contributed by atoms with E-state index >= 15 is 0 Å². The average Bonchev–Trinajstić information content (AvgIpc) is 2.27. The molecule has 0 spiro atoms. The Morgan fingerprint density at radius 1 is 1.35 bits per heavy atom. The van der Waals surface area contributed by atoms with E-state index in [0.717, 1.165) is 0 Å². The average molecular weight is 366 g/mol. The van der Waals surface area contributed by atoms with Crippen molar-refractivity contribution in [2.24, 2.45) is 0 Å². The van der Waals surface area contributed by atoms with Gasteiger partial charge in [-0.1, -0.05) is 34.1 Å². The van der Waals surface area contributed by atoms with Crippen LogP contribution in [-0.4, -0.2) is 26.8 Å². The number of aliphatic hydroxyl groups excluding tert-OH is 1. The first-order chi connectivity index (χ1) is 7.86. The quantitative estimate of drug-likeness (QED) is 0.635. The maximum Gasteiger partial charge on any atom is 0.337 e. The van der Waals surface area contributed by atoms with Crippen LogP contribution in [0.2, 0.25) is 0 Å². The number of benzene rings is 1. The van der Waals surface area contributed by atoms with E-state index in [1.165, 1.54) is 12.1 Å². The molecule has 0 amide bonds. The van der Waals surface area contributed by atoms with Crippen molar-refractivity contribution in [2.45, 2.75) is 17.9 Å². The molecule has 1 aromatic carbocycles. The molecule has 0 fully saturated rings. The highest BCUT2D eigenvalue weighted by Gasteiger charge is 2.23. The van der Waals surface area contributed by atoms with Crippen LogP contribution < -0.4 is 0 Å². The van der Waals surface area contributed by atoms with E-state index < -0.39 is 12.1 Å². The van der Waals surface area contributed by atoms with E-state index in [2.05, 4.69) is 31.9 Å². The first-order valence-electron chi connectivity index (χ1n) is 4.73. The molecule has 0 aliphatic carbocycles. The molecule has 1 rings (SSSR count). The Morgan fingerprint density at radius 3 is 2.41 bits per heavy atom. The Labute approximate surface area is 115 Å². The molecule has 2 N–H and O–H groups in total. The normalized spacial score (nSPS) is 14.1. The fourth-order valence-corrected chi connectivity index (χ4v) is 2.22. The van der Waals surface area contributed by atoms with E-state index in [0.29, 0.717) is 10.0 Å². The molecule has 17 heavy (non-hydrogen) atoms. The van der Waals surface area contributed by atoms with Crippen LogP contribution in [0.3, 0.4) is 0 Å². The third-order valence-electron chi connectivity index (χ3n) is 2.18. The summed E-state index contributed by atoms with van der Waals surface area (Å²) in [6.07, 6.45) is -1.65. The van der Waals surface area contributed by atoms with Gasteiger partial charge in [0.15, 0.2) is 11.9 Å². The van der Waals surface area contributed by atoms with Crippen molar-refractivity contribution < 1.29 is 19.8 Å². The van der Waals surface area contributed by atoms with E-state index in [4.69, 9.17) is 5.11 Å². The van der Waals surface area contributed by atoms with Gasteiger partial charge < -0.3 is 10.2 Å². The standard InChI is InChI=1S/C11H10Br2O4/c1-5(12)9(14)6-3-2-4-7(8(6)13)10(15)11(16)17/h2-5,10,15H,1H3,(H,16,17). The summed E-state index contributed by atoms with van der Waals surface area (Å²) in [6, 6.07) is 4.57. The summed E-state index contributed by atoms with van der Waals surface area (Å²) in [5, 5.41) is 18.2. The number of aliphatic carboxylic acids is 1. The number of hydrogen-bond acceptors (Lipinski definition) is 3. The molecule has 0 heterocycles. The molecule has 0 aliphatic rings. The van der Waals surface area contributed by atoms with Gasteiger partial charge in [0.1, 0.15) is 0 Å². The summed E-state index contributed by atoms with van der Waals surface area (Å²) in [7, 11) is 0. The molecule has 0 saturated heterocycles. The van der Waals surface area contributed by atoms with Gasteiger partial charge in [-0.2, -0.15) is 0 Å². The molecule has 0 aromatic heterocycles. The van der Waals surface area contributed by atoms with Crippen LogP contribution >= 0.6 is 31.9 Å². The Balaban J connectivity index is 3.25. The van der Waals surface area contributed by atoms with Crippen LogP contribution in [0.5, 0.6) is 0 Å². The second-order valence-corrected chi connectivity index (χ2v) is 5.60. The number of Topliss-reactive ketones (excluding diaryl/α,β-unsaturated/α-hetero) is 1. The lowest BCUT2D eigenvalue weighted by atomic mass is 10.0. The van der Waals surface area contributed by atoms with Gasteiger partial charge in [-0.15, -0.1) is 0 Å². The molecular formula is C11H10Br2O4. The Morgan fingerprint density at radius 2 is 1.94 bits per heavy atom. The predicted octanol–water partition coefficient (Wildman–Crippen LogP) is 2.53. The third kappa shape index (κ3) is 3.14. The van der Waals surface area contributed by atoms with Crippen LogP contribution in [0.15, 0.2) is 22.7 Å². The van der Waals surface area contributed by atoms with Gasteiger partial charge in [0.25, 0.3) is 0 Å². The van der Waals surface area contributed by atoms with Gasteiger partial charge in [-0.3, -0.25) is 4.79 Å². The Hall–Kier alpha value is -0.720. The van der Waals surface area contributed by atoms with Gasteiger partial charge >= 0.3 is 5.97 Å². The maximum atomic E-state index is 11.8. The number of ketones is 1. The smallest absolute Gasteiger partial charge is 0.337 e. The summed E-state index contributed by atoms with van der Waals surface area (Å²) in [5.41, 5.74) is 0.503. The molecule has 0 aliphatic heterocycles. The minimum Gasteiger partial charge on any atom is -0.479 e. The number of aliphatic hydroxyl groups is 1. The van der Waals surface area contributed by atoms with Gasteiger partial charge in [0.05, 0.1) is 4.83 Å². The van der Waals surface area contributed by atoms with Gasteiger partial charge in [0.2, 0.25) is 0 Å². The molecule has 1 aromatic rings. The minimum absolute atomic E-state index is 0.163. The topological polar surface area (TPSA) is 74.6 Å². The highest BCUT2D eigenvalue weighted by molar-refractivity contribution is 9.10. The predicted molar refractivity (Wildman–Crippen MR) is 69.5 cm³/mol. The molecule has 0 saturated carbocycles. The van der Waals surface area contributed by atoms with E-state index in [9.17, 15) is 14.7 Å². The molecule has 2 atom stereocenters. The monoisotopic (exact) mass is 364 g/mol. The number of hydrogen-bond donors (Lipinski definition) is 2. The lowest BCUT2D eigenvalue weighted by molar-refractivity contribution is -0.147. The zero-order valence-electron chi connectivity index (χ0n) is 8.85. The van der Waals surface area contributed by atoms with Gasteiger partial charge in [0, 0.05) is 15.6 Å². The maximum absolute atomic E-state index is 11.8. The lowest BCUT2D eigenvalue weighted by Crippen LogP contribution is -2.15. The van der Waals surface area contributed by atoms with Gasteiger partial charge in [-0.05, 0) is 22.9 Å². The van der Waals surface area contributed by atoms with Crippen LogP contribution in [0.4, 0.5) is 0 Å². The largest absolute Gasteiger partial charge is 0.479 e. The van der Waals surface area contributed by atoms with Crippen molar-refractivity contribution in [3.63, 3.8) is 0 Å². The van der Waals surface area contributed by atoms with E-state index in [1.54, 1.807) is 13.0 Å². The number of halogens is 2. The van der Waals surface area contributed by atoms with E-state index in [-0.39, 0.29) is 16.2 Å². The summed E-state index contributed by atoms with van der Waals surface area (Å²) in [5.74, 6) is -1.54. The summed E-state index contributed by atoms with van der Waals surface area (Å²) in [6.45, 7) is 1.68. The Bertz CT molecular complexity index is 457. The molecular weight excluding hydrogens is 356 g/mol. The van der Waals surface area contributed by atoms with Gasteiger partial charge in [-0.25, -0.2) is 4.79 Å². The SMILES string of the molecule is CC(Br)C(=O)c1cccc(C(O)C(=O)O)c1Br. The fraction of sp³-hybridized carbons (Fsp3) is 0.273. The first-order valence-corrected chi connectivity index (χ1v) is 6.44. The van der Waals surface area contributed by atoms with Crippen LogP contribution in [0.1, 0.15) is 28.9 Å². The zero-order valence-corrected chi connectivity index (χ0v) is 12.0. The first kappa shape index (κ1) is 14.3. The summed E-state index contributed by atoms with van der Waals surface area (Å²) >= 11 is 6.31. The fourth-order valence-electron chi connectivity index (χ4n) is 1.30. The van der Waals surface area contributed by atoms with Crippen LogP contribution in [0, 0.1) is 0 Å².